The quantitative estimate of drug-likeness (QED) is 0.790. The highest BCUT2D eigenvalue weighted by Crippen LogP contribution is 2.15. The summed E-state index contributed by atoms with van der Waals surface area (Å²) in [5, 5.41) is 4.89. The Bertz CT molecular complexity index is 288. The number of hydrogen-bond donors (Lipinski definition) is 2. The summed E-state index contributed by atoms with van der Waals surface area (Å²) in [6, 6.07) is -0.595. The highest BCUT2D eigenvalue weighted by molar-refractivity contribution is 5.81. The van der Waals surface area contributed by atoms with Gasteiger partial charge in [0, 0.05) is 0 Å². The average molecular weight is 281 g/mol. The molecule has 1 unspecified atom stereocenters. The second kappa shape index (κ2) is 7.09. The SMILES string of the molecule is CC(NCC1CCN(C)CC1)C(=O)NCC(F)(F)F. The van der Waals surface area contributed by atoms with Gasteiger partial charge >= 0.3 is 6.18 Å². The van der Waals surface area contributed by atoms with E-state index in [-0.39, 0.29) is 0 Å². The van der Waals surface area contributed by atoms with Gasteiger partial charge in [-0.25, -0.2) is 0 Å². The average Bonchev–Trinajstić information content (AvgIpc) is 2.34. The Morgan fingerprint density at radius 1 is 1.37 bits per heavy atom. The zero-order chi connectivity index (χ0) is 14.5. The van der Waals surface area contributed by atoms with E-state index in [2.05, 4.69) is 17.3 Å². The van der Waals surface area contributed by atoms with Crippen molar-refractivity contribution < 1.29 is 18.0 Å². The Morgan fingerprint density at radius 3 is 2.47 bits per heavy atom. The third kappa shape index (κ3) is 6.77. The Labute approximate surface area is 111 Å². The van der Waals surface area contributed by atoms with Crippen LogP contribution in [-0.4, -0.2) is 56.3 Å². The zero-order valence-corrected chi connectivity index (χ0v) is 11.4. The maximum atomic E-state index is 12.0. The highest BCUT2D eigenvalue weighted by atomic mass is 19.4. The van der Waals surface area contributed by atoms with Crippen LogP contribution in [0.1, 0.15) is 19.8 Å². The first-order chi connectivity index (χ1) is 8.78. The van der Waals surface area contributed by atoms with Crippen molar-refractivity contribution in [1.82, 2.24) is 15.5 Å². The summed E-state index contributed by atoms with van der Waals surface area (Å²) in [4.78, 5) is 13.7. The monoisotopic (exact) mass is 281 g/mol. The summed E-state index contributed by atoms with van der Waals surface area (Å²) >= 11 is 0. The molecule has 112 valence electrons. The van der Waals surface area contributed by atoms with Crippen molar-refractivity contribution in [1.29, 1.82) is 0 Å². The third-order valence-corrected chi connectivity index (χ3v) is 3.41. The van der Waals surface area contributed by atoms with Crippen LogP contribution in [0.5, 0.6) is 0 Å². The van der Waals surface area contributed by atoms with E-state index in [1.165, 1.54) is 0 Å². The maximum Gasteiger partial charge on any atom is 0.405 e. The summed E-state index contributed by atoms with van der Waals surface area (Å²) in [5.41, 5.74) is 0. The maximum absolute atomic E-state index is 12.0. The number of piperidine rings is 1. The van der Waals surface area contributed by atoms with Crippen molar-refractivity contribution in [2.75, 3.05) is 33.2 Å². The number of halogens is 3. The molecule has 1 fully saturated rings. The first-order valence-electron chi connectivity index (χ1n) is 6.54. The molecule has 1 aliphatic rings. The van der Waals surface area contributed by atoms with Gasteiger partial charge in [0.15, 0.2) is 0 Å². The molecule has 0 aromatic heterocycles. The van der Waals surface area contributed by atoms with E-state index in [1.807, 2.05) is 5.32 Å². The van der Waals surface area contributed by atoms with Crippen molar-refractivity contribution >= 4 is 5.91 Å². The van der Waals surface area contributed by atoms with E-state index in [1.54, 1.807) is 6.92 Å². The van der Waals surface area contributed by atoms with E-state index in [9.17, 15) is 18.0 Å². The number of likely N-dealkylation sites (tertiary alicyclic amines) is 1. The van der Waals surface area contributed by atoms with Crippen LogP contribution in [0.3, 0.4) is 0 Å². The van der Waals surface area contributed by atoms with Crippen molar-refractivity contribution in [3.8, 4) is 0 Å². The topological polar surface area (TPSA) is 44.4 Å². The number of carbonyl (C=O) groups excluding carboxylic acids is 1. The molecule has 0 aromatic carbocycles. The van der Waals surface area contributed by atoms with Crippen LogP contribution >= 0.6 is 0 Å². The van der Waals surface area contributed by atoms with Gasteiger partial charge < -0.3 is 15.5 Å². The normalized spacial score (nSPS) is 20.3. The van der Waals surface area contributed by atoms with E-state index in [0.29, 0.717) is 12.5 Å². The molecule has 1 aliphatic heterocycles. The van der Waals surface area contributed by atoms with Gasteiger partial charge in [0.05, 0.1) is 6.04 Å². The molecule has 1 atom stereocenters. The molecule has 1 saturated heterocycles. The standard InChI is InChI=1S/C12H22F3N3O/c1-9(11(19)17-8-12(13,14)15)16-7-10-3-5-18(2)6-4-10/h9-10,16H,3-8H2,1-2H3,(H,17,19). The Hall–Kier alpha value is -0.820. The molecule has 4 nitrogen and oxygen atoms in total. The molecule has 7 heteroatoms. The molecule has 1 rings (SSSR count). The molecule has 0 aliphatic carbocycles. The summed E-state index contributed by atoms with van der Waals surface area (Å²) < 4.78 is 35.9. The lowest BCUT2D eigenvalue weighted by atomic mass is 9.97. The highest BCUT2D eigenvalue weighted by Gasteiger charge is 2.28. The Kier molecular flexibility index (Phi) is 6.06. The minimum absolute atomic E-state index is 0.495. The predicted molar refractivity (Wildman–Crippen MR) is 66.8 cm³/mol. The van der Waals surface area contributed by atoms with Gasteiger partial charge in [0.1, 0.15) is 6.54 Å². The number of carbonyl (C=O) groups is 1. The molecule has 2 N–H and O–H groups in total. The van der Waals surface area contributed by atoms with Crippen molar-refractivity contribution in [2.24, 2.45) is 5.92 Å². The molecule has 19 heavy (non-hydrogen) atoms. The van der Waals surface area contributed by atoms with Crippen LogP contribution in [0.4, 0.5) is 13.2 Å². The molecule has 0 spiro atoms. The van der Waals surface area contributed by atoms with Gasteiger partial charge in [-0.05, 0) is 52.4 Å². The fourth-order valence-corrected chi connectivity index (χ4v) is 2.04. The van der Waals surface area contributed by atoms with Crippen LogP contribution in [0.2, 0.25) is 0 Å². The lowest BCUT2D eigenvalue weighted by Gasteiger charge is -2.29. The summed E-state index contributed by atoms with van der Waals surface area (Å²) in [6.45, 7) is 3.04. The number of nitrogens with one attached hydrogen (secondary N) is 2. The van der Waals surface area contributed by atoms with Gasteiger partial charge in [-0.15, -0.1) is 0 Å². The van der Waals surface area contributed by atoms with Crippen LogP contribution in [0.25, 0.3) is 0 Å². The van der Waals surface area contributed by atoms with E-state index < -0.39 is 24.7 Å². The van der Waals surface area contributed by atoms with E-state index in [0.717, 1.165) is 25.9 Å². The first-order valence-corrected chi connectivity index (χ1v) is 6.54. The van der Waals surface area contributed by atoms with Crippen molar-refractivity contribution in [2.45, 2.75) is 32.0 Å². The summed E-state index contributed by atoms with van der Waals surface area (Å²) in [5.74, 6) is -0.112. The van der Waals surface area contributed by atoms with Gasteiger partial charge in [-0.3, -0.25) is 4.79 Å². The smallest absolute Gasteiger partial charge is 0.346 e. The number of hydrogen-bond acceptors (Lipinski definition) is 3. The van der Waals surface area contributed by atoms with Crippen LogP contribution in [0, 0.1) is 5.92 Å². The molecular weight excluding hydrogens is 259 g/mol. The van der Waals surface area contributed by atoms with Gasteiger partial charge in [0.25, 0.3) is 0 Å². The Balaban J connectivity index is 2.19. The van der Waals surface area contributed by atoms with E-state index >= 15 is 0 Å². The number of amides is 1. The molecule has 0 saturated carbocycles. The van der Waals surface area contributed by atoms with Crippen LogP contribution in [0.15, 0.2) is 0 Å². The molecule has 0 aromatic rings. The molecule has 0 bridgehead atoms. The third-order valence-electron chi connectivity index (χ3n) is 3.41. The van der Waals surface area contributed by atoms with Gasteiger partial charge in [-0.2, -0.15) is 13.2 Å². The van der Waals surface area contributed by atoms with Gasteiger partial charge in [0.2, 0.25) is 5.91 Å². The lowest BCUT2D eigenvalue weighted by molar-refractivity contribution is -0.139. The second-order valence-electron chi connectivity index (χ2n) is 5.21. The largest absolute Gasteiger partial charge is 0.405 e. The number of rotatable bonds is 5. The van der Waals surface area contributed by atoms with E-state index in [4.69, 9.17) is 0 Å². The van der Waals surface area contributed by atoms with Crippen molar-refractivity contribution in [3.63, 3.8) is 0 Å². The second-order valence-corrected chi connectivity index (χ2v) is 5.21. The predicted octanol–water partition coefficient (Wildman–Crippen LogP) is 0.985. The molecule has 1 heterocycles. The minimum Gasteiger partial charge on any atom is -0.346 e. The van der Waals surface area contributed by atoms with Crippen LogP contribution < -0.4 is 10.6 Å². The number of alkyl halides is 3. The molecular formula is C12H22F3N3O. The number of nitrogens with zero attached hydrogens (tertiary/aromatic N) is 1. The lowest BCUT2D eigenvalue weighted by Crippen LogP contribution is -2.47. The summed E-state index contributed by atoms with van der Waals surface area (Å²) in [7, 11) is 2.07. The first kappa shape index (κ1) is 16.2. The van der Waals surface area contributed by atoms with Gasteiger partial charge in [-0.1, -0.05) is 0 Å². The molecule has 0 radical (unpaired) electrons. The fourth-order valence-electron chi connectivity index (χ4n) is 2.04. The fraction of sp³-hybridized carbons (Fsp3) is 0.917. The zero-order valence-electron chi connectivity index (χ0n) is 11.4. The minimum atomic E-state index is -4.36. The van der Waals surface area contributed by atoms with Crippen molar-refractivity contribution in [3.05, 3.63) is 0 Å². The molecule has 1 amide bonds. The van der Waals surface area contributed by atoms with Crippen LogP contribution in [-0.2, 0) is 4.79 Å². The summed E-state index contributed by atoms with van der Waals surface area (Å²) in [6.07, 6.45) is -2.25. The Morgan fingerprint density at radius 2 is 1.95 bits per heavy atom.